The number of hydrogen-bond acceptors (Lipinski definition) is 6. The Bertz CT molecular complexity index is 893. The van der Waals surface area contributed by atoms with Crippen LogP contribution < -0.4 is 4.90 Å². The first-order valence-corrected chi connectivity index (χ1v) is 7.53. The SMILES string of the molecule is CC(=O)N(c1nc(/C=N\n2cnnc2)cs1)c1ccc(F)cc1F. The van der Waals surface area contributed by atoms with Gasteiger partial charge in [-0.25, -0.2) is 18.4 Å². The molecular weight excluding hydrogens is 338 g/mol. The van der Waals surface area contributed by atoms with E-state index in [1.165, 1.54) is 36.5 Å². The Balaban J connectivity index is 1.91. The zero-order valence-corrected chi connectivity index (χ0v) is 13.1. The molecule has 10 heteroatoms. The summed E-state index contributed by atoms with van der Waals surface area (Å²) in [5.74, 6) is -2.02. The number of rotatable bonds is 4. The van der Waals surface area contributed by atoms with Crippen LogP contribution in [0.2, 0.25) is 0 Å². The van der Waals surface area contributed by atoms with Crippen molar-refractivity contribution in [1.29, 1.82) is 0 Å². The van der Waals surface area contributed by atoms with E-state index in [-0.39, 0.29) is 10.8 Å². The molecule has 1 amide bonds. The molecule has 0 aliphatic heterocycles. The Morgan fingerprint density at radius 1 is 1.33 bits per heavy atom. The molecule has 0 radical (unpaired) electrons. The molecule has 7 nitrogen and oxygen atoms in total. The van der Waals surface area contributed by atoms with E-state index in [9.17, 15) is 13.6 Å². The number of hydrogen-bond donors (Lipinski definition) is 0. The van der Waals surface area contributed by atoms with E-state index >= 15 is 0 Å². The molecule has 2 heterocycles. The molecule has 1 aromatic carbocycles. The fraction of sp³-hybridized carbons (Fsp3) is 0.0714. The van der Waals surface area contributed by atoms with E-state index in [1.807, 2.05) is 0 Å². The lowest BCUT2D eigenvalue weighted by molar-refractivity contribution is -0.115. The van der Waals surface area contributed by atoms with Crippen molar-refractivity contribution >= 4 is 34.3 Å². The summed E-state index contributed by atoms with van der Waals surface area (Å²) in [4.78, 5) is 17.2. The topological polar surface area (TPSA) is 76.3 Å². The van der Waals surface area contributed by atoms with Crippen molar-refractivity contribution < 1.29 is 13.6 Å². The number of thiazole rings is 1. The molecule has 0 atom stereocenters. The van der Waals surface area contributed by atoms with Crippen LogP contribution in [0.15, 0.2) is 41.3 Å². The molecule has 0 N–H and O–H groups in total. The van der Waals surface area contributed by atoms with Gasteiger partial charge in [0.15, 0.2) is 5.13 Å². The molecule has 0 saturated heterocycles. The summed E-state index contributed by atoms with van der Waals surface area (Å²) in [6.07, 6.45) is 4.25. The van der Waals surface area contributed by atoms with Gasteiger partial charge in [-0.2, -0.15) is 5.10 Å². The molecular formula is C14H10F2N6OS. The Morgan fingerprint density at radius 3 is 2.75 bits per heavy atom. The second-order valence-electron chi connectivity index (χ2n) is 4.59. The van der Waals surface area contributed by atoms with Crippen LogP contribution in [0.5, 0.6) is 0 Å². The summed E-state index contributed by atoms with van der Waals surface area (Å²) >= 11 is 1.13. The molecule has 0 unspecified atom stereocenters. The number of amides is 1. The van der Waals surface area contributed by atoms with Gasteiger partial charge in [-0.1, -0.05) is 0 Å². The van der Waals surface area contributed by atoms with E-state index in [0.29, 0.717) is 11.8 Å². The molecule has 0 spiro atoms. The predicted molar refractivity (Wildman–Crippen MR) is 84.3 cm³/mol. The van der Waals surface area contributed by atoms with Gasteiger partial charge < -0.3 is 0 Å². The van der Waals surface area contributed by atoms with Gasteiger partial charge in [0.1, 0.15) is 24.3 Å². The van der Waals surface area contributed by atoms with Crippen molar-refractivity contribution in [2.75, 3.05) is 4.90 Å². The number of nitrogens with zero attached hydrogens (tertiary/aromatic N) is 6. The number of halogens is 2. The van der Waals surface area contributed by atoms with Gasteiger partial charge in [0.25, 0.3) is 0 Å². The van der Waals surface area contributed by atoms with Crippen molar-refractivity contribution in [3.8, 4) is 0 Å². The summed E-state index contributed by atoms with van der Waals surface area (Å²) in [7, 11) is 0. The molecule has 0 fully saturated rings. The van der Waals surface area contributed by atoms with Gasteiger partial charge in [-0.15, -0.1) is 21.5 Å². The van der Waals surface area contributed by atoms with E-state index < -0.39 is 17.5 Å². The highest BCUT2D eigenvalue weighted by Crippen LogP contribution is 2.30. The first kappa shape index (κ1) is 15.9. The smallest absolute Gasteiger partial charge is 0.230 e. The number of anilines is 2. The Labute approximate surface area is 138 Å². The van der Waals surface area contributed by atoms with Crippen molar-refractivity contribution in [3.63, 3.8) is 0 Å². The number of carbonyl (C=O) groups excluding carboxylic acids is 1. The molecule has 0 bridgehead atoms. The lowest BCUT2D eigenvalue weighted by Crippen LogP contribution is -2.23. The maximum absolute atomic E-state index is 14.0. The second-order valence-corrected chi connectivity index (χ2v) is 5.43. The highest BCUT2D eigenvalue weighted by Gasteiger charge is 2.21. The summed E-state index contributed by atoms with van der Waals surface area (Å²) in [6.45, 7) is 1.27. The van der Waals surface area contributed by atoms with Crippen molar-refractivity contribution in [3.05, 3.63) is 53.6 Å². The zero-order chi connectivity index (χ0) is 17.1. The largest absolute Gasteiger partial charge is 0.274 e. The van der Waals surface area contributed by atoms with Crippen LogP contribution >= 0.6 is 11.3 Å². The third-order valence-corrected chi connectivity index (χ3v) is 3.74. The van der Waals surface area contributed by atoms with Crippen molar-refractivity contribution in [2.24, 2.45) is 5.10 Å². The quantitative estimate of drug-likeness (QED) is 0.679. The summed E-state index contributed by atoms with van der Waals surface area (Å²) in [5.41, 5.74) is 0.401. The predicted octanol–water partition coefficient (Wildman–Crippen LogP) is 2.58. The highest BCUT2D eigenvalue weighted by molar-refractivity contribution is 7.14. The number of benzene rings is 1. The molecule has 0 aliphatic rings. The van der Waals surface area contributed by atoms with E-state index in [0.717, 1.165) is 22.3 Å². The minimum absolute atomic E-state index is 0.0689. The fourth-order valence-electron chi connectivity index (χ4n) is 1.89. The zero-order valence-electron chi connectivity index (χ0n) is 12.3. The van der Waals surface area contributed by atoms with E-state index in [1.54, 1.807) is 5.38 Å². The third-order valence-electron chi connectivity index (χ3n) is 2.90. The van der Waals surface area contributed by atoms with Crippen LogP contribution in [0.3, 0.4) is 0 Å². The lowest BCUT2D eigenvalue weighted by atomic mass is 10.2. The molecule has 2 aromatic heterocycles. The highest BCUT2D eigenvalue weighted by atomic mass is 32.1. The standard InChI is InChI=1S/C14H10F2N6OS/c1-9(23)22(13-3-2-10(15)4-12(13)16)14-20-11(6-24-14)5-19-21-7-17-18-8-21/h2-8H,1H3/b19-5-. The Hall–Kier alpha value is -3.01. The molecule has 24 heavy (non-hydrogen) atoms. The molecule has 122 valence electrons. The van der Waals surface area contributed by atoms with Gasteiger partial charge in [-0.3, -0.25) is 9.69 Å². The first-order valence-electron chi connectivity index (χ1n) is 6.65. The van der Waals surface area contributed by atoms with Crippen LogP contribution in [0.25, 0.3) is 0 Å². The normalized spacial score (nSPS) is 11.1. The lowest BCUT2D eigenvalue weighted by Gasteiger charge is -2.18. The molecule has 3 aromatic rings. The van der Waals surface area contributed by atoms with Gasteiger partial charge in [0.05, 0.1) is 17.6 Å². The monoisotopic (exact) mass is 348 g/mol. The maximum atomic E-state index is 14.0. The molecule has 0 saturated carbocycles. The number of carbonyl (C=O) groups is 1. The van der Waals surface area contributed by atoms with Crippen molar-refractivity contribution in [2.45, 2.75) is 6.92 Å². The first-order chi connectivity index (χ1) is 11.5. The van der Waals surface area contributed by atoms with Crippen LogP contribution in [-0.2, 0) is 4.79 Å². The maximum Gasteiger partial charge on any atom is 0.230 e. The number of aromatic nitrogens is 4. The van der Waals surface area contributed by atoms with Crippen LogP contribution in [-0.4, -0.2) is 32.0 Å². The molecule has 0 aliphatic carbocycles. The van der Waals surface area contributed by atoms with Crippen LogP contribution in [0.1, 0.15) is 12.6 Å². The van der Waals surface area contributed by atoms with Crippen LogP contribution in [0.4, 0.5) is 19.6 Å². The van der Waals surface area contributed by atoms with Gasteiger partial charge in [-0.05, 0) is 12.1 Å². The fourth-order valence-corrected chi connectivity index (χ4v) is 2.72. The summed E-state index contributed by atoms with van der Waals surface area (Å²) < 4.78 is 28.4. The van der Waals surface area contributed by atoms with Crippen molar-refractivity contribution in [1.82, 2.24) is 19.9 Å². The minimum atomic E-state index is -0.847. The summed E-state index contributed by atoms with van der Waals surface area (Å²) in [6, 6.07) is 2.99. The second kappa shape index (κ2) is 6.62. The average Bonchev–Trinajstić information content (AvgIpc) is 3.19. The minimum Gasteiger partial charge on any atom is -0.274 e. The van der Waals surface area contributed by atoms with Gasteiger partial charge in [0, 0.05) is 18.4 Å². The molecule has 3 rings (SSSR count). The van der Waals surface area contributed by atoms with Gasteiger partial charge in [0.2, 0.25) is 5.91 Å². The Kier molecular flexibility index (Phi) is 4.38. The third kappa shape index (κ3) is 3.33. The summed E-state index contributed by atoms with van der Waals surface area (Å²) in [5, 5.41) is 13.1. The van der Waals surface area contributed by atoms with Gasteiger partial charge >= 0.3 is 0 Å². The van der Waals surface area contributed by atoms with E-state index in [4.69, 9.17) is 0 Å². The van der Waals surface area contributed by atoms with Crippen LogP contribution in [0, 0.1) is 11.6 Å². The Morgan fingerprint density at radius 2 is 2.08 bits per heavy atom. The van der Waals surface area contributed by atoms with E-state index in [2.05, 4.69) is 20.3 Å². The average molecular weight is 348 g/mol.